The Kier molecular flexibility index (Phi) is 17.3. The Bertz CT molecular complexity index is 3910. The van der Waals surface area contributed by atoms with E-state index in [1.165, 1.54) is 17.4 Å². The number of hydrogen-bond donors (Lipinski definition) is 5. The molecule has 7 N–H and O–H groups in total. The molecule has 8 aromatic rings. The van der Waals surface area contributed by atoms with Crippen LogP contribution in [-0.4, -0.2) is 98.2 Å². The van der Waals surface area contributed by atoms with Crippen LogP contribution < -0.4 is 19.7 Å². The summed E-state index contributed by atoms with van der Waals surface area (Å²) in [4.78, 5) is 32.9. The van der Waals surface area contributed by atoms with Gasteiger partial charge in [-0.3, -0.25) is 0 Å². The van der Waals surface area contributed by atoms with E-state index < -0.39 is 81.2 Å². The number of carbonyl (C=O) groups is 2. The molecule has 0 spiro atoms. The summed E-state index contributed by atoms with van der Waals surface area (Å²) in [6.45, 7) is 8.07. The standard InChI is InChI=1S/C25H29N5O7S3.C21H21N5O7S3/c1-5-11-39(32,33)21(22-30-29-20(36-22)14-27-40(26,34)35)23-28-18-10-9-16(13-19(18)38-23)15-7-6-8-17(12-15)24(31)37-25(2,3)4;1-2-8-35(29,30)18(19-26-25-17(33-19)11-23-36(22,31)32)20-24-15-7-6-13(10-16(15)34-20)12-4-3-5-14(9-12)21(27)28/h6-10,12-13,21,27H,5,11,14H2,1-4H3,(H2,26,34,35);3-7,9-10,18,23H,2,8,11H2,1H3,(H,27,28)(H2,22,31,32). The second kappa shape index (κ2) is 23.0. The summed E-state index contributed by atoms with van der Waals surface area (Å²) in [6.07, 6.45) is 0.706. The molecule has 8 rings (SSSR count). The Hall–Kier alpha value is -6.48. The summed E-state index contributed by atoms with van der Waals surface area (Å²) in [5, 5.41) is 32.1. The zero-order valence-electron chi connectivity index (χ0n) is 41.0. The summed E-state index contributed by atoms with van der Waals surface area (Å²) in [5.74, 6) is -2.53. The van der Waals surface area contributed by atoms with E-state index in [0.717, 1.165) is 28.0 Å². The molecule has 4 heterocycles. The highest BCUT2D eigenvalue weighted by atomic mass is 32.2. The van der Waals surface area contributed by atoms with Crippen LogP contribution in [-0.2, 0) is 57.9 Å². The molecule has 0 saturated heterocycles. The monoisotopic (exact) mass is 1160 g/mol. The van der Waals surface area contributed by atoms with Gasteiger partial charge in [0.15, 0.2) is 30.2 Å². The van der Waals surface area contributed by atoms with E-state index in [0.29, 0.717) is 44.4 Å². The number of nitrogens with zero attached hydrogens (tertiary/aromatic N) is 6. The van der Waals surface area contributed by atoms with Crippen LogP contribution in [0, 0.1) is 0 Å². The number of aromatic nitrogens is 6. The average Bonchev–Trinajstić information content (AvgIpc) is 4.16. The van der Waals surface area contributed by atoms with Gasteiger partial charge < -0.3 is 18.7 Å². The van der Waals surface area contributed by atoms with Crippen LogP contribution in [0.15, 0.2) is 93.8 Å². The third kappa shape index (κ3) is 14.7. The van der Waals surface area contributed by atoms with E-state index in [9.17, 15) is 48.4 Å². The van der Waals surface area contributed by atoms with Gasteiger partial charge in [-0.15, -0.1) is 43.1 Å². The predicted molar refractivity (Wildman–Crippen MR) is 283 cm³/mol. The highest BCUT2D eigenvalue weighted by molar-refractivity contribution is 7.92. The van der Waals surface area contributed by atoms with Crippen molar-refractivity contribution in [1.29, 1.82) is 0 Å². The maximum absolute atomic E-state index is 13.3. The zero-order chi connectivity index (χ0) is 55.4. The normalized spacial score (nSPS) is 13.3. The molecule has 0 fully saturated rings. The topological polar surface area (TPSA) is 380 Å². The molecular formula is C46H50N10O14S6. The van der Waals surface area contributed by atoms with E-state index in [-0.39, 0.29) is 50.6 Å². The van der Waals surface area contributed by atoms with Crippen LogP contribution in [0.3, 0.4) is 0 Å². The number of benzene rings is 4. The summed E-state index contributed by atoms with van der Waals surface area (Å²) in [7, 11) is -15.7. The number of hydrogen-bond acceptors (Lipinski definition) is 21. The van der Waals surface area contributed by atoms with Gasteiger partial charge in [0.25, 0.3) is 20.4 Å². The van der Waals surface area contributed by atoms with Gasteiger partial charge in [0, 0.05) is 0 Å². The highest BCUT2D eigenvalue weighted by Crippen LogP contribution is 2.39. The minimum Gasteiger partial charge on any atom is -0.478 e. The van der Waals surface area contributed by atoms with E-state index in [1.54, 1.807) is 95.3 Å². The SMILES string of the molecule is CCCS(=O)(=O)C(c1nnc(CNS(N)(=O)=O)o1)c1nc2ccc(-c3cccc(C(=O)O)c3)cc2s1.CCCS(=O)(=O)C(c1nnc(CNS(N)(=O)=O)o1)c1nc2ccc(-c3cccc(C(=O)OC(C)(C)C)c3)cc2s1. The maximum atomic E-state index is 13.3. The lowest BCUT2D eigenvalue weighted by molar-refractivity contribution is 0.00691. The quantitative estimate of drug-likeness (QED) is 0.0566. The van der Waals surface area contributed by atoms with Crippen molar-refractivity contribution >= 4 is 95.1 Å². The molecule has 4 aromatic carbocycles. The molecule has 0 bridgehead atoms. The molecule has 24 nitrogen and oxygen atoms in total. The van der Waals surface area contributed by atoms with Crippen molar-refractivity contribution in [3.63, 3.8) is 0 Å². The predicted octanol–water partition coefficient (Wildman–Crippen LogP) is 5.76. The number of ether oxygens (including phenoxy) is 1. The van der Waals surface area contributed by atoms with Crippen LogP contribution in [0.4, 0.5) is 0 Å². The van der Waals surface area contributed by atoms with Gasteiger partial charge in [0.05, 0.1) is 56.2 Å². The van der Waals surface area contributed by atoms with Crippen molar-refractivity contribution in [1.82, 2.24) is 39.8 Å². The van der Waals surface area contributed by atoms with Crippen LogP contribution in [0.5, 0.6) is 0 Å². The number of nitrogens with two attached hydrogens (primary N) is 2. The molecule has 0 amide bonds. The lowest BCUT2D eigenvalue weighted by Gasteiger charge is -2.19. The molecule has 0 radical (unpaired) electrons. The van der Waals surface area contributed by atoms with Gasteiger partial charge in [-0.1, -0.05) is 50.2 Å². The number of carboxylic acids is 1. The van der Waals surface area contributed by atoms with Crippen LogP contribution >= 0.6 is 22.7 Å². The first-order valence-electron chi connectivity index (χ1n) is 22.7. The van der Waals surface area contributed by atoms with E-state index in [2.05, 4.69) is 30.4 Å². The van der Waals surface area contributed by atoms with Crippen molar-refractivity contribution in [2.75, 3.05) is 11.5 Å². The number of sulfone groups is 2. The van der Waals surface area contributed by atoms with Crippen molar-refractivity contribution in [3.8, 4) is 22.3 Å². The van der Waals surface area contributed by atoms with Gasteiger partial charge in [-0.2, -0.15) is 26.3 Å². The first-order chi connectivity index (χ1) is 35.6. The van der Waals surface area contributed by atoms with Crippen molar-refractivity contribution in [3.05, 3.63) is 130 Å². The fourth-order valence-corrected chi connectivity index (χ4v) is 14.2. The third-order valence-electron chi connectivity index (χ3n) is 10.5. The molecule has 0 saturated carbocycles. The number of fused-ring (bicyclic) bond motifs is 2. The summed E-state index contributed by atoms with van der Waals surface area (Å²) >= 11 is 2.30. The Labute approximate surface area is 444 Å². The van der Waals surface area contributed by atoms with E-state index in [1.807, 2.05) is 27.6 Å². The van der Waals surface area contributed by atoms with Gasteiger partial charge in [0.1, 0.15) is 15.6 Å². The van der Waals surface area contributed by atoms with Crippen LogP contribution in [0.25, 0.3) is 42.7 Å². The lowest BCUT2D eigenvalue weighted by atomic mass is 10.0. The number of carboxylic acid groups (broad SMARTS) is 1. The molecule has 2 atom stereocenters. The molecule has 76 heavy (non-hydrogen) atoms. The second-order valence-electron chi connectivity index (χ2n) is 17.7. The minimum absolute atomic E-state index is 0.144. The number of esters is 1. The number of carbonyl (C=O) groups excluding carboxylic acids is 1. The summed E-state index contributed by atoms with van der Waals surface area (Å²) < 4.78 is 119. The maximum Gasteiger partial charge on any atom is 0.338 e. The zero-order valence-corrected chi connectivity index (χ0v) is 45.9. The van der Waals surface area contributed by atoms with Crippen LogP contribution in [0.1, 0.15) is 112 Å². The Morgan fingerprint density at radius 2 is 1.03 bits per heavy atom. The fraction of sp³-hybridized carbons (Fsp3) is 0.304. The number of aromatic carboxylic acids is 1. The second-order valence-corrected chi connectivity index (χ2v) is 27.0. The molecule has 2 unspecified atom stereocenters. The molecule has 0 aliphatic heterocycles. The van der Waals surface area contributed by atoms with E-state index >= 15 is 0 Å². The molecule has 30 heteroatoms. The highest BCUT2D eigenvalue weighted by Gasteiger charge is 2.38. The Morgan fingerprint density at radius 3 is 1.42 bits per heavy atom. The largest absolute Gasteiger partial charge is 0.478 e. The lowest BCUT2D eigenvalue weighted by Crippen LogP contribution is -2.30. The van der Waals surface area contributed by atoms with Gasteiger partial charge in [0.2, 0.25) is 23.6 Å². The molecule has 0 aliphatic rings. The molecule has 4 aromatic heterocycles. The van der Waals surface area contributed by atoms with Crippen LogP contribution in [0.2, 0.25) is 0 Å². The number of rotatable bonds is 20. The third-order valence-corrected chi connectivity index (χ3v) is 18.3. The summed E-state index contributed by atoms with van der Waals surface area (Å²) in [5.41, 5.74) is 4.04. The molecular weight excluding hydrogens is 1110 g/mol. The number of nitrogens with one attached hydrogen (secondary N) is 2. The van der Waals surface area contributed by atoms with Gasteiger partial charge >= 0.3 is 11.9 Å². The molecule has 404 valence electrons. The van der Waals surface area contributed by atoms with Crippen molar-refractivity contribution < 1.29 is 61.9 Å². The number of thiazole rings is 2. The first kappa shape index (κ1) is 57.2. The summed E-state index contributed by atoms with van der Waals surface area (Å²) in [6, 6.07) is 24.3. The first-order valence-corrected chi connectivity index (χ1v) is 30.9. The Morgan fingerprint density at radius 1 is 0.618 bits per heavy atom. The fourth-order valence-electron chi connectivity index (χ4n) is 7.31. The van der Waals surface area contributed by atoms with Crippen molar-refractivity contribution in [2.24, 2.45) is 10.3 Å². The van der Waals surface area contributed by atoms with Gasteiger partial charge in [-0.25, -0.2) is 46.7 Å². The smallest absolute Gasteiger partial charge is 0.338 e. The Balaban J connectivity index is 0.000000222. The molecule has 0 aliphatic carbocycles. The van der Waals surface area contributed by atoms with Crippen molar-refractivity contribution in [2.45, 2.75) is 76.7 Å². The minimum atomic E-state index is -4.01. The average molecular weight is 1160 g/mol. The van der Waals surface area contributed by atoms with Gasteiger partial charge in [-0.05, 0) is 104 Å². The van der Waals surface area contributed by atoms with E-state index in [4.69, 9.17) is 23.8 Å².